The molecule has 0 radical (unpaired) electrons. The molecule has 11 aromatic carbocycles. The summed E-state index contributed by atoms with van der Waals surface area (Å²) in [6, 6.07) is 96.9. The van der Waals surface area contributed by atoms with Crippen LogP contribution >= 0.6 is 11.3 Å². The molecular weight excluding hydrogens is 851 g/mol. The number of fused-ring (bicyclic) bond motifs is 13. The molecule has 69 heavy (non-hydrogen) atoms. The van der Waals surface area contributed by atoms with Gasteiger partial charge >= 0.3 is 0 Å². The van der Waals surface area contributed by atoms with Crippen molar-refractivity contribution >= 4 is 48.6 Å². The second kappa shape index (κ2) is 15.8. The minimum Gasteiger partial charge on any atom is -0.310 e. The fourth-order valence-corrected chi connectivity index (χ4v) is 12.9. The van der Waals surface area contributed by atoms with E-state index in [9.17, 15) is 0 Å². The van der Waals surface area contributed by atoms with Crippen LogP contribution in [-0.4, -0.2) is 0 Å². The zero-order chi connectivity index (χ0) is 45.5. The van der Waals surface area contributed by atoms with Crippen LogP contribution in [0.25, 0.3) is 86.9 Å². The van der Waals surface area contributed by atoms with Crippen molar-refractivity contribution in [3.05, 3.63) is 283 Å². The summed E-state index contributed by atoms with van der Waals surface area (Å²) in [5.41, 5.74) is 22.9. The molecular formula is C67H43NS. The van der Waals surface area contributed by atoms with Crippen molar-refractivity contribution < 1.29 is 0 Å². The average Bonchev–Trinajstić information content (AvgIpc) is 4.05. The summed E-state index contributed by atoms with van der Waals surface area (Å²) in [7, 11) is 0. The lowest BCUT2D eigenvalue weighted by Crippen LogP contribution is -2.26. The molecule has 0 N–H and O–H groups in total. The Bertz CT molecular complexity index is 3910. The van der Waals surface area contributed by atoms with Crippen LogP contribution in [0.5, 0.6) is 0 Å². The summed E-state index contributed by atoms with van der Waals surface area (Å²) >= 11 is 1.87. The molecule has 0 atom stereocenters. The average molecular weight is 894 g/mol. The van der Waals surface area contributed by atoms with Crippen molar-refractivity contribution in [2.24, 2.45) is 0 Å². The maximum Gasteiger partial charge on any atom is 0.0726 e. The highest BCUT2D eigenvalue weighted by atomic mass is 32.1. The van der Waals surface area contributed by atoms with Gasteiger partial charge in [0.05, 0.1) is 11.1 Å². The maximum absolute atomic E-state index is 2.50. The lowest BCUT2D eigenvalue weighted by Gasteiger charge is -2.33. The van der Waals surface area contributed by atoms with Gasteiger partial charge in [0.2, 0.25) is 0 Å². The summed E-state index contributed by atoms with van der Waals surface area (Å²) in [4.78, 5) is 2.50. The number of thiophene rings is 1. The number of hydrogen-bond donors (Lipinski definition) is 0. The van der Waals surface area contributed by atoms with Gasteiger partial charge in [-0.15, -0.1) is 11.3 Å². The molecule has 1 aromatic heterocycles. The molecule has 1 spiro atoms. The Morgan fingerprint density at radius 1 is 0.261 bits per heavy atom. The molecule has 12 aromatic rings. The predicted octanol–water partition coefficient (Wildman–Crippen LogP) is 18.5. The van der Waals surface area contributed by atoms with Gasteiger partial charge in [0, 0.05) is 37.1 Å². The molecule has 0 fully saturated rings. The SMILES string of the molecule is c1ccc(-c2ccccc2-c2ccccc2-c2ccccc2N(c2ccc(-c3ccc4c(c3)sc3ccccc34)cc2)c2ccc3c(c2)C2(c4ccccc4-c4ccccc42)c2ccccc2-3)cc1. The van der Waals surface area contributed by atoms with E-state index in [0.717, 1.165) is 22.6 Å². The largest absolute Gasteiger partial charge is 0.310 e. The molecule has 2 aliphatic carbocycles. The lowest BCUT2D eigenvalue weighted by atomic mass is 9.70. The number of anilines is 3. The fourth-order valence-electron chi connectivity index (χ4n) is 11.8. The van der Waals surface area contributed by atoms with E-state index < -0.39 is 5.41 Å². The van der Waals surface area contributed by atoms with Gasteiger partial charge in [0.1, 0.15) is 0 Å². The van der Waals surface area contributed by atoms with Crippen LogP contribution in [0.2, 0.25) is 0 Å². The first-order chi connectivity index (χ1) is 34.2. The summed E-state index contributed by atoms with van der Waals surface area (Å²) in [6.07, 6.45) is 0. The highest BCUT2D eigenvalue weighted by Gasteiger charge is 2.51. The molecule has 0 aliphatic heterocycles. The number of benzene rings is 11. The highest BCUT2D eigenvalue weighted by molar-refractivity contribution is 7.25. The summed E-state index contributed by atoms with van der Waals surface area (Å²) in [5, 5.41) is 2.64. The number of hydrogen-bond acceptors (Lipinski definition) is 2. The van der Waals surface area contributed by atoms with Crippen molar-refractivity contribution in [3.63, 3.8) is 0 Å². The summed E-state index contributed by atoms with van der Waals surface area (Å²) in [5.74, 6) is 0. The van der Waals surface area contributed by atoms with Gasteiger partial charge in [-0.3, -0.25) is 0 Å². The van der Waals surface area contributed by atoms with Crippen molar-refractivity contribution in [3.8, 4) is 66.8 Å². The first kappa shape index (κ1) is 39.6. The van der Waals surface area contributed by atoms with Crippen molar-refractivity contribution in [1.82, 2.24) is 0 Å². The molecule has 0 amide bonds. The lowest BCUT2D eigenvalue weighted by molar-refractivity contribution is 0.793. The van der Waals surface area contributed by atoms with E-state index in [4.69, 9.17) is 0 Å². The first-order valence-corrected chi connectivity index (χ1v) is 24.6. The van der Waals surface area contributed by atoms with Gasteiger partial charge in [-0.1, -0.05) is 218 Å². The van der Waals surface area contributed by atoms with Gasteiger partial charge in [-0.25, -0.2) is 0 Å². The maximum atomic E-state index is 2.50. The molecule has 322 valence electrons. The van der Waals surface area contributed by atoms with E-state index in [0.29, 0.717) is 0 Å². The molecule has 0 unspecified atom stereocenters. The molecule has 0 saturated heterocycles. The molecule has 0 bridgehead atoms. The van der Waals surface area contributed by atoms with Crippen molar-refractivity contribution in [1.29, 1.82) is 0 Å². The predicted molar refractivity (Wildman–Crippen MR) is 292 cm³/mol. The van der Waals surface area contributed by atoms with Crippen LogP contribution in [0.1, 0.15) is 22.3 Å². The Labute approximate surface area is 406 Å². The van der Waals surface area contributed by atoms with Gasteiger partial charge < -0.3 is 4.90 Å². The zero-order valence-corrected chi connectivity index (χ0v) is 38.5. The van der Waals surface area contributed by atoms with Gasteiger partial charge in [-0.05, 0) is 126 Å². The van der Waals surface area contributed by atoms with Crippen LogP contribution in [0.15, 0.2) is 261 Å². The van der Waals surface area contributed by atoms with Crippen molar-refractivity contribution in [2.45, 2.75) is 5.41 Å². The third-order valence-corrected chi connectivity index (χ3v) is 15.9. The Morgan fingerprint density at radius 2 is 0.725 bits per heavy atom. The van der Waals surface area contributed by atoms with Crippen molar-refractivity contribution in [2.75, 3.05) is 4.90 Å². The quantitative estimate of drug-likeness (QED) is 0.154. The summed E-state index contributed by atoms with van der Waals surface area (Å²) in [6.45, 7) is 0. The summed E-state index contributed by atoms with van der Waals surface area (Å²) < 4.78 is 2.63. The van der Waals surface area contributed by atoms with Crippen LogP contribution in [-0.2, 0) is 5.41 Å². The van der Waals surface area contributed by atoms with Crippen LogP contribution in [0.4, 0.5) is 17.1 Å². The minimum atomic E-state index is -0.469. The zero-order valence-electron chi connectivity index (χ0n) is 37.7. The normalized spacial score (nSPS) is 12.8. The molecule has 1 heterocycles. The van der Waals surface area contributed by atoms with E-state index in [2.05, 4.69) is 266 Å². The second-order valence-corrected chi connectivity index (χ2v) is 19.4. The second-order valence-electron chi connectivity index (χ2n) is 18.3. The molecule has 1 nitrogen and oxygen atoms in total. The Morgan fingerprint density at radius 3 is 1.39 bits per heavy atom. The molecule has 2 heteroatoms. The number of nitrogens with zero attached hydrogens (tertiary/aromatic N) is 1. The van der Waals surface area contributed by atoms with Crippen LogP contribution in [0, 0.1) is 0 Å². The first-order valence-electron chi connectivity index (χ1n) is 23.8. The van der Waals surface area contributed by atoms with Gasteiger partial charge in [0.25, 0.3) is 0 Å². The number of para-hydroxylation sites is 1. The van der Waals surface area contributed by atoms with E-state index in [1.807, 2.05) is 11.3 Å². The Balaban J connectivity index is 0.983. The third-order valence-electron chi connectivity index (χ3n) is 14.7. The van der Waals surface area contributed by atoms with E-state index >= 15 is 0 Å². The molecule has 0 saturated carbocycles. The monoisotopic (exact) mass is 893 g/mol. The van der Waals surface area contributed by atoms with E-state index in [1.165, 1.54) is 104 Å². The Hall–Kier alpha value is -8.56. The molecule has 2 aliphatic rings. The van der Waals surface area contributed by atoms with Crippen LogP contribution < -0.4 is 4.90 Å². The van der Waals surface area contributed by atoms with E-state index in [1.54, 1.807) is 0 Å². The topological polar surface area (TPSA) is 3.24 Å². The van der Waals surface area contributed by atoms with E-state index in [-0.39, 0.29) is 0 Å². The van der Waals surface area contributed by atoms with Crippen LogP contribution in [0.3, 0.4) is 0 Å². The highest BCUT2D eigenvalue weighted by Crippen LogP contribution is 2.63. The van der Waals surface area contributed by atoms with Gasteiger partial charge in [0.15, 0.2) is 0 Å². The minimum absolute atomic E-state index is 0.469. The third kappa shape index (κ3) is 6.02. The standard InChI is InChI=1S/C67H43NS/c1-2-18-45(19-3-1)49-20-4-5-21-50(49)51-22-6-7-23-52(51)57-27-11-16-32-64(57)68(47-37-34-44(35-38-47)46-36-40-59-58-28-12-17-33-65(58)69-66(59)42-46)48-39-41-56-55-26-10-15-31-62(55)67(63(56)43-48)60-29-13-8-24-53(60)54-25-9-14-30-61(54)67/h1-43H. The fraction of sp³-hybridized carbons (Fsp3) is 0.0149. The smallest absolute Gasteiger partial charge is 0.0726 e. The number of rotatable bonds is 7. The van der Waals surface area contributed by atoms with Gasteiger partial charge in [-0.2, -0.15) is 0 Å². The Kier molecular flexibility index (Phi) is 9.05. The molecule has 14 rings (SSSR count).